The Kier molecular flexibility index (Phi) is 4.09. The maximum atomic E-state index is 13.6. The maximum absolute atomic E-state index is 13.6. The summed E-state index contributed by atoms with van der Waals surface area (Å²) in [5.41, 5.74) is 3.15. The predicted molar refractivity (Wildman–Crippen MR) is 103 cm³/mol. The van der Waals surface area contributed by atoms with Gasteiger partial charge in [0.15, 0.2) is 9.84 Å². The molecule has 0 aliphatic carbocycles. The lowest BCUT2D eigenvalue weighted by atomic mass is 10.0. The fourth-order valence-electron chi connectivity index (χ4n) is 3.21. The summed E-state index contributed by atoms with van der Waals surface area (Å²) in [6.45, 7) is 1.94. The maximum Gasteiger partial charge on any atom is 0.189 e. The minimum atomic E-state index is -3.63. The summed E-state index contributed by atoms with van der Waals surface area (Å²) in [4.78, 5) is 7.70. The van der Waals surface area contributed by atoms with Crippen LogP contribution in [0.4, 0.5) is 0 Å². The molecule has 0 spiro atoms. The van der Waals surface area contributed by atoms with Gasteiger partial charge in [-0.25, -0.2) is 13.4 Å². The van der Waals surface area contributed by atoms with Gasteiger partial charge in [-0.15, -0.1) is 0 Å². The van der Waals surface area contributed by atoms with E-state index >= 15 is 0 Å². The molecule has 0 saturated carbocycles. The van der Waals surface area contributed by atoms with Gasteiger partial charge in [0.2, 0.25) is 0 Å². The molecule has 4 aromatic rings. The minimum absolute atomic E-state index is 0.315. The molecule has 1 unspecified atom stereocenters. The molecule has 1 N–H and O–H groups in total. The van der Waals surface area contributed by atoms with Gasteiger partial charge in [-0.3, -0.25) is 0 Å². The monoisotopic (exact) mass is 362 g/mol. The van der Waals surface area contributed by atoms with E-state index in [1.165, 1.54) is 0 Å². The smallest absolute Gasteiger partial charge is 0.189 e. The topological polar surface area (TPSA) is 62.8 Å². The number of benzene rings is 2. The summed E-state index contributed by atoms with van der Waals surface area (Å²) >= 11 is 0. The van der Waals surface area contributed by atoms with Gasteiger partial charge in [-0.05, 0) is 36.8 Å². The zero-order valence-electron chi connectivity index (χ0n) is 14.3. The third-order valence-corrected chi connectivity index (χ3v) is 6.60. The van der Waals surface area contributed by atoms with Crippen LogP contribution in [0.1, 0.15) is 21.9 Å². The first-order chi connectivity index (χ1) is 12.6. The first-order valence-corrected chi connectivity index (χ1v) is 9.89. The molecule has 4 rings (SSSR count). The molecule has 1 atom stereocenters. The average Bonchev–Trinajstić information content (AvgIpc) is 3.07. The van der Waals surface area contributed by atoms with Gasteiger partial charge in [0.05, 0.1) is 4.90 Å². The van der Waals surface area contributed by atoms with Crippen LogP contribution in [-0.4, -0.2) is 18.4 Å². The Morgan fingerprint density at radius 1 is 0.923 bits per heavy atom. The van der Waals surface area contributed by atoms with Crippen LogP contribution in [0.25, 0.3) is 11.0 Å². The van der Waals surface area contributed by atoms with E-state index in [1.54, 1.807) is 24.5 Å². The highest BCUT2D eigenvalue weighted by atomic mass is 32.2. The molecule has 0 fully saturated rings. The fraction of sp³-hybridized carbons (Fsp3) is 0.0952. The number of rotatable bonds is 4. The fourth-order valence-corrected chi connectivity index (χ4v) is 5.04. The number of hydrogen-bond acceptors (Lipinski definition) is 3. The van der Waals surface area contributed by atoms with Crippen molar-refractivity contribution in [3.8, 4) is 0 Å². The van der Waals surface area contributed by atoms with Crippen molar-refractivity contribution >= 4 is 20.9 Å². The Bertz CT molecular complexity index is 1150. The number of nitrogens with one attached hydrogen (secondary N) is 1. The zero-order valence-corrected chi connectivity index (χ0v) is 15.1. The minimum Gasteiger partial charge on any atom is -0.346 e. The van der Waals surface area contributed by atoms with Crippen LogP contribution in [0.5, 0.6) is 0 Å². The highest BCUT2D eigenvalue weighted by molar-refractivity contribution is 7.92. The molecule has 5 heteroatoms. The molecular formula is C21H18N2O2S. The van der Waals surface area contributed by atoms with E-state index < -0.39 is 15.1 Å². The van der Waals surface area contributed by atoms with Gasteiger partial charge in [0.1, 0.15) is 10.9 Å². The highest BCUT2D eigenvalue weighted by Gasteiger charge is 2.32. The summed E-state index contributed by atoms with van der Waals surface area (Å²) in [6, 6.07) is 20.0. The first kappa shape index (κ1) is 16.5. The second-order valence-electron chi connectivity index (χ2n) is 6.29. The summed E-state index contributed by atoms with van der Waals surface area (Å²) < 4.78 is 27.1. The molecule has 130 valence electrons. The van der Waals surface area contributed by atoms with Crippen molar-refractivity contribution < 1.29 is 8.42 Å². The molecule has 2 aromatic carbocycles. The van der Waals surface area contributed by atoms with Crippen molar-refractivity contribution in [2.45, 2.75) is 17.1 Å². The Labute approximate surface area is 152 Å². The van der Waals surface area contributed by atoms with Crippen molar-refractivity contribution in [2.75, 3.05) is 0 Å². The van der Waals surface area contributed by atoms with Gasteiger partial charge in [0, 0.05) is 23.3 Å². The molecular weight excluding hydrogens is 344 g/mol. The Morgan fingerprint density at radius 2 is 1.65 bits per heavy atom. The van der Waals surface area contributed by atoms with Gasteiger partial charge < -0.3 is 4.98 Å². The molecule has 2 heterocycles. The summed E-state index contributed by atoms with van der Waals surface area (Å²) in [7, 11) is -3.63. The quantitative estimate of drug-likeness (QED) is 0.584. The standard InChI is InChI=1S/C21H18N2O2S/c1-15-9-11-17(12-10-15)26(24,25)20(16-6-3-2-4-7-16)19-14-23-21-18(19)8-5-13-22-21/h2-14,20H,1H3,(H,22,23). The van der Waals surface area contributed by atoms with E-state index in [4.69, 9.17) is 0 Å². The van der Waals surface area contributed by atoms with Crippen molar-refractivity contribution in [2.24, 2.45) is 0 Å². The zero-order chi connectivity index (χ0) is 18.1. The number of sulfone groups is 1. The van der Waals surface area contributed by atoms with Gasteiger partial charge in [-0.1, -0.05) is 48.0 Å². The van der Waals surface area contributed by atoms with Crippen molar-refractivity contribution in [1.82, 2.24) is 9.97 Å². The Hall–Kier alpha value is -2.92. The van der Waals surface area contributed by atoms with Crippen molar-refractivity contribution in [1.29, 1.82) is 0 Å². The van der Waals surface area contributed by atoms with E-state index in [9.17, 15) is 8.42 Å². The number of nitrogens with zero attached hydrogens (tertiary/aromatic N) is 1. The molecule has 4 nitrogen and oxygen atoms in total. The lowest BCUT2D eigenvalue weighted by Crippen LogP contribution is -2.15. The molecule has 0 saturated heterocycles. The normalized spacial score (nSPS) is 13.0. The number of aromatic nitrogens is 2. The van der Waals surface area contributed by atoms with Crippen LogP contribution in [0, 0.1) is 6.92 Å². The Balaban J connectivity index is 1.96. The second kappa shape index (κ2) is 6.42. The molecule has 2 aromatic heterocycles. The van der Waals surface area contributed by atoms with E-state index in [-0.39, 0.29) is 0 Å². The lowest BCUT2D eigenvalue weighted by Gasteiger charge is -2.18. The van der Waals surface area contributed by atoms with E-state index in [0.717, 1.165) is 16.5 Å². The van der Waals surface area contributed by atoms with Crippen LogP contribution in [0.3, 0.4) is 0 Å². The van der Waals surface area contributed by atoms with Crippen LogP contribution in [-0.2, 0) is 9.84 Å². The molecule has 0 amide bonds. The number of fused-ring (bicyclic) bond motifs is 1. The predicted octanol–water partition coefficient (Wildman–Crippen LogP) is 4.43. The van der Waals surface area contributed by atoms with E-state index in [2.05, 4.69) is 9.97 Å². The second-order valence-corrected chi connectivity index (χ2v) is 8.33. The van der Waals surface area contributed by atoms with Crippen LogP contribution in [0.15, 0.2) is 84.0 Å². The summed E-state index contributed by atoms with van der Waals surface area (Å²) in [5.74, 6) is 0. The van der Waals surface area contributed by atoms with Crippen molar-refractivity contribution in [3.63, 3.8) is 0 Å². The van der Waals surface area contributed by atoms with Gasteiger partial charge in [-0.2, -0.15) is 0 Å². The summed E-state index contributed by atoms with van der Waals surface area (Å²) in [5, 5.41) is 0.0152. The molecule has 0 aliphatic rings. The van der Waals surface area contributed by atoms with Crippen LogP contribution >= 0.6 is 0 Å². The number of pyridine rings is 1. The third-order valence-electron chi connectivity index (χ3n) is 4.53. The molecule has 0 bridgehead atoms. The molecule has 26 heavy (non-hydrogen) atoms. The number of aromatic amines is 1. The van der Waals surface area contributed by atoms with Crippen LogP contribution in [0.2, 0.25) is 0 Å². The van der Waals surface area contributed by atoms with E-state index in [0.29, 0.717) is 16.1 Å². The van der Waals surface area contributed by atoms with Crippen LogP contribution < -0.4 is 0 Å². The Morgan fingerprint density at radius 3 is 2.38 bits per heavy atom. The van der Waals surface area contributed by atoms with Gasteiger partial charge in [0.25, 0.3) is 0 Å². The average molecular weight is 362 g/mol. The largest absolute Gasteiger partial charge is 0.346 e. The number of H-pyrrole nitrogens is 1. The first-order valence-electron chi connectivity index (χ1n) is 8.35. The number of aryl methyl sites for hydroxylation is 1. The molecule has 0 radical (unpaired) electrons. The number of hydrogen-bond donors (Lipinski definition) is 1. The highest BCUT2D eigenvalue weighted by Crippen LogP contribution is 2.38. The lowest BCUT2D eigenvalue weighted by molar-refractivity contribution is 0.589. The summed E-state index contributed by atoms with van der Waals surface area (Å²) in [6.07, 6.45) is 3.44. The SMILES string of the molecule is Cc1ccc(S(=O)(=O)C(c2ccccc2)c2c[nH]c3ncccc23)cc1. The van der Waals surface area contributed by atoms with Gasteiger partial charge >= 0.3 is 0 Å². The molecule has 0 aliphatic heterocycles. The van der Waals surface area contributed by atoms with Crippen molar-refractivity contribution in [3.05, 3.63) is 95.8 Å². The van der Waals surface area contributed by atoms with E-state index in [1.807, 2.05) is 61.5 Å². The third kappa shape index (κ3) is 2.80.